The summed E-state index contributed by atoms with van der Waals surface area (Å²) in [5.74, 6) is 0.423. The van der Waals surface area contributed by atoms with Crippen molar-refractivity contribution in [3.8, 4) is 0 Å². The largest absolute Gasteiger partial charge is 0.351 e. The van der Waals surface area contributed by atoms with Gasteiger partial charge >= 0.3 is 5.69 Å². The molecule has 3 heterocycles. The molecule has 0 bridgehead atoms. The maximum Gasteiger partial charge on any atom is 0.351 e. The Labute approximate surface area is 179 Å². The molecule has 1 atom stereocenters. The quantitative estimate of drug-likeness (QED) is 0.526. The number of nitrogens with zero attached hydrogens (tertiary/aromatic N) is 5. The number of rotatable bonds is 5. The molecular formula is C20H25Cl2N5O2. The molecule has 156 valence electrons. The summed E-state index contributed by atoms with van der Waals surface area (Å²) < 4.78 is 1.61. The number of carbonyl (C=O) groups excluding carboxylic acids is 1. The molecule has 0 aromatic carbocycles. The van der Waals surface area contributed by atoms with Crippen molar-refractivity contribution in [1.82, 2.24) is 19.4 Å². The summed E-state index contributed by atoms with van der Waals surface area (Å²) in [7, 11) is 0. The number of anilines is 1. The highest BCUT2D eigenvalue weighted by molar-refractivity contribution is 6.41. The Morgan fingerprint density at radius 3 is 2.59 bits per heavy atom. The molecule has 0 radical (unpaired) electrons. The summed E-state index contributed by atoms with van der Waals surface area (Å²) in [6.07, 6.45) is 2.86. The van der Waals surface area contributed by atoms with E-state index in [2.05, 4.69) is 16.5 Å². The van der Waals surface area contributed by atoms with Crippen molar-refractivity contribution < 1.29 is 4.79 Å². The molecular weight excluding hydrogens is 413 g/mol. The lowest BCUT2D eigenvalue weighted by molar-refractivity contribution is -0.126. The highest BCUT2D eigenvalue weighted by Crippen LogP contribution is 2.32. The average molecular weight is 438 g/mol. The average Bonchev–Trinajstić information content (AvgIpc) is 2.71. The van der Waals surface area contributed by atoms with Gasteiger partial charge in [-0.2, -0.15) is 4.98 Å². The van der Waals surface area contributed by atoms with E-state index in [0.717, 1.165) is 12.8 Å². The van der Waals surface area contributed by atoms with Gasteiger partial charge < -0.3 is 9.80 Å². The summed E-state index contributed by atoms with van der Waals surface area (Å²) in [6, 6.07) is 1.65. The first-order valence-corrected chi connectivity index (χ1v) is 10.5. The number of hydrogen-bond acceptors (Lipinski definition) is 5. The van der Waals surface area contributed by atoms with Crippen LogP contribution in [-0.4, -0.2) is 51.0 Å². The van der Waals surface area contributed by atoms with Gasteiger partial charge in [-0.3, -0.25) is 9.36 Å². The molecule has 29 heavy (non-hydrogen) atoms. The van der Waals surface area contributed by atoms with E-state index in [0.29, 0.717) is 41.5 Å². The number of aromatic nitrogens is 3. The fraction of sp³-hybridized carbons (Fsp3) is 0.500. The fourth-order valence-electron chi connectivity index (χ4n) is 3.90. The molecule has 0 unspecified atom stereocenters. The van der Waals surface area contributed by atoms with Crippen molar-refractivity contribution in [3.63, 3.8) is 0 Å². The molecule has 0 aliphatic carbocycles. The Morgan fingerprint density at radius 1 is 1.31 bits per heavy atom. The number of fused-ring (bicyclic) bond motifs is 1. The zero-order valence-corrected chi connectivity index (χ0v) is 18.4. The molecule has 1 saturated heterocycles. The Balaban J connectivity index is 2.16. The van der Waals surface area contributed by atoms with Crippen LogP contribution in [0, 0.1) is 0 Å². The fourth-order valence-corrected chi connectivity index (χ4v) is 4.19. The van der Waals surface area contributed by atoms with E-state index < -0.39 is 0 Å². The highest BCUT2D eigenvalue weighted by Gasteiger charge is 2.29. The minimum Gasteiger partial charge on any atom is -0.350 e. The molecule has 2 aromatic rings. The van der Waals surface area contributed by atoms with Crippen LogP contribution in [0.4, 0.5) is 5.82 Å². The Morgan fingerprint density at radius 2 is 2.00 bits per heavy atom. The van der Waals surface area contributed by atoms with Gasteiger partial charge in [-0.15, -0.1) is 0 Å². The van der Waals surface area contributed by atoms with Gasteiger partial charge in [-0.05, 0) is 31.9 Å². The van der Waals surface area contributed by atoms with Crippen molar-refractivity contribution in [2.45, 2.75) is 45.7 Å². The molecule has 0 saturated carbocycles. The van der Waals surface area contributed by atoms with Gasteiger partial charge in [-0.1, -0.05) is 43.6 Å². The summed E-state index contributed by atoms with van der Waals surface area (Å²) in [6.45, 7) is 11.2. The molecule has 3 rings (SSSR count). The lowest BCUT2D eigenvalue weighted by atomic mass is 10.1. The predicted octanol–water partition coefficient (Wildman–Crippen LogP) is 3.68. The van der Waals surface area contributed by atoms with Crippen LogP contribution >= 0.6 is 23.2 Å². The zero-order valence-electron chi connectivity index (χ0n) is 16.9. The standard InChI is InChI=1S/C20H25Cl2N5O2/c1-5-13(6-2)27-19-14(10-15(21)17(22)23-19)18(24-20(27)29)26-9-8-25(11-12(26)4)16(28)7-3/h7,10,12-13H,3,5-6,8-9,11H2,1-2,4H3/t12-/m0/s1. The Kier molecular flexibility index (Phi) is 6.49. The third-order valence-corrected chi connectivity index (χ3v) is 6.16. The molecule has 1 amide bonds. The number of carbonyl (C=O) groups is 1. The van der Waals surface area contributed by atoms with Gasteiger partial charge in [-0.25, -0.2) is 9.78 Å². The van der Waals surface area contributed by atoms with Gasteiger partial charge in [0.2, 0.25) is 5.91 Å². The second kappa shape index (κ2) is 8.71. The molecule has 0 spiro atoms. The predicted molar refractivity (Wildman–Crippen MR) is 117 cm³/mol. The van der Waals surface area contributed by atoms with Crippen molar-refractivity contribution in [2.75, 3.05) is 24.5 Å². The van der Waals surface area contributed by atoms with Crippen LogP contribution in [0.3, 0.4) is 0 Å². The molecule has 7 nitrogen and oxygen atoms in total. The van der Waals surface area contributed by atoms with Gasteiger partial charge in [0.05, 0.1) is 10.4 Å². The molecule has 1 aliphatic heterocycles. The summed E-state index contributed by atoms with van der Waals surface area (Å²) in [5.41, 5.74) is 0.129. The van der Waals surface area contributed by atoms with E-state index in [9.17, 15) is 9.59 Å². The molecule has 9 heteroatoms. The van der Waals surface area contributed by atoms with E-state index in [1.54, 1.807) is 15.5 Å². The van der Waals surface area contributed by atoms with Crippen molar-refractivity contribution in [3.05, 3.63) is 39.4 Å². The van der Waals surface area contributed by atoms with Gasteiger partial charge in [0.1, 0.15) is 16.6 Å². The SMILES string of the molecule is C=CC(=O)N1CCN(c2nc(=O)n(C(CC)CC)c3nc(Cl)c(Cl)cc23)[C@@H](C)C1. The first-order valence-electron chi connectivity index (χ1n) is 9.78. The van der Waals surface area contributed by atoms with E-state index in [4.69, 9.17) is 23.2 Å². The van der Waals surface area contributed by atoms with Gasteiger partial charge in [0.15, 0.2) is 0 Å². The van der Waals surface area contributed by atoms with E-state index >= 15 is 0 Å². The van der Waals surface area contributed by atoms with Crippen LogP contribution in [0.25, 0.3) is 11.0 Å². The number of halogens is 2. The smallest absolute Gasteiger partial charge is 0.350 e. The normalized spacial score (nSPS) is 17.2. The van der Waals surface area contributed by atoms with E-state index in [1.807, 2.05) is 25.7 Å². The molecule has 2 aromatic heterocycles. The third-order valence-electron chi connectivity index (χ3n) is 5.48. The van der Waals surface area contributed by atoms with Crippen molar-refractivity contribution >= 4 is 46.0 Å². The molecule has 0 N–H and O–H groups in total. The Hall–Kier alpha value is -2.12. The number of piperazine rings is 1. The lowest BCUT2D eigenvalue weighted by Gasteiger charge is -2.40. The molecule has 1 fully saturated rings. The van der Waals surface area contributed by atoms with Gasteiger partial charge in [0.25, 0.3) is 0 Å². The summed E-state index contributed by atoms with van der Waals surface area (Å²) >= 11 is 12.5. The number of hydrogen-bond donors (Lipinski definition) is 0. The maximum absolute atomic E-state index is 13.0. The van der Waals surface area contributed by atoms with Crippen LogP contribution < -0.4 is 10.6 Å². The highest BCUT2D eigenvalue weighted by atomic mass is 35.5. The van der Waals surface area contributed by atoms with Crippen LogP contribution in [0.1, 0.15) is 39.7 Å². The maximum atomic E-state index is 13.0. The first-order chi connectivity index (χ1) is 13.8. The second-order valence-electron chi connectivity index (χ2n) is 7.22. The van der Waals surface area contributed by atoms with Crippen LogP contribution in [0.15, 0.2) is 23.5 Å². The summed E-state index contributed by atoms with van der Waals surface area (Å²) in [4.78, 5) is 37.6. The van der Waals surface area contributed by atoms with Crippen LogP contribution in [-0.2, 0) is 4.79 Å². The number of amides is 1. The van der Waals surface area contributed by atoms with Gasteiger partial charge in [0, 0.05) is 31.7 Å². The topological polar surface area (TPSA) is 71.3 Å². The number of pyridine rings is 1. The van der Waals surface area contributed by atoms with E-state index in [-0.39, 0.29) is 28.8 Å². The minimum atomic E-state index is -0.358. The summed E-state index contributed by atoms with van der Waals surface area (Å²) in [5, 5.41) is 1.15. The van der Waals surface area contributed by atoms with Crippen LogP contribution in [0.5, 0.6) is 0 Å². The molecule has 1 aliphatic rings. The minimum absolute atomic E-state index is 0.0317. The van der Waals surface area contributed by atoms with Crippen LogP contribution in [0.2, 0.25) is 10.2 Å². The third kappa shape index (κ3) is 3.98. The first kappa shape index (κ1) is 21.6. The zero-order chi connectivity index (χ0) is 21.3. The van der Waals surface area contributed by atoms with Crippen molar-refractivity contribution in [1.29, 1.82) is 0 Å². The second-order valence-corrected chi connectivity index (χ2v) is 7.99. The Bertz CT molecular complexity index is 1000. The lowest BCUT2D eigenvalue weighted by Crippen LogP contribution is -2.54. The van der Waals surface area contributed by atoms with Crippen molar-refractivity contribution in [2.24, 2.45) is 0 Å². The monoisotopic (exact) mass is 437 g/mol. The van der Waals surface area contributed by atoms with E-state index in [1.165, 1.54) is 6.08 Å².